The number of nitriles is 1. The van der Waals surface area contributed by atoms with Gasteiger partial charge in [-0.15, -0.1) is 0 Å². The first-order valence-corrected chi connectivity index (χ1v) is 5.70. The maximum absolute atomic E-state index is 13.6. The van der Waals surface area contributed by atoms with Gasteiger partial charge in [-0.1, -0.05) is 17.8 Å². The normalized spacial score (nSPS) is 10.2. The summed E-state index contributed by atoms with van der Waals surface area (Å²) in [5.74, 6) is -1.16. The summed E-state index contributed by atoms with van der Waals surface area (Å²) in [5, 5.41) is 8.86. The molecule has 17 heavy (non-hydrogen) atoms. The Morgan fingerprint density at radius 3 is 2.71 bits per heavy atom. The van der Waals surface area contributed by atoms with E-state index in [0.29, 0.717) is 5.16 Å². The van der Waals surface area contributed by atoms with Gasteiger partial charge < -0.3 is 0 Å². The van der Waals surface area contributed by atoms with Crippen LogP contribution in [0.25, 0.3) is 5.69 Å². The SMILES string of the molecule is N#CCSc1nccn1-c1c(F)cccc1F. The minimum atomic E-state index is -0.665. The number of thioether (sulfide) groups is 1. The highest BCUT2D eigenvalue weighted by atomic mass is 32.2. The molecule has 2 aromatic rings. The topological polar surface area (TPSA) is 41.6 Å². The molecule has 0 unspecified atom stereocenters. The minimum absolute atomic E-state index is 0.174. The van der Waals surface area contributed by atoms with E-state index in [1.807, 2.05) is 6.07 Å². The van der Waals surface area contributed by atoms with Crippen molar-refractivity contribution in [3.8, 4) is 11.8 Å². The van der Waals surface area contributed by atoms with E-state index in [-0.39, 0.29) is 11.4 Å². The van der Waals surface area contributed by atoms with E-state index in [2.05, 4.69) is 4.98 Å². The zero-order chi connectivity index (χ0) is 12.3. The quantitative estimate of drug-likeness (QED) is 0.788. The molecule has 86 valence electrons. The molecule has 0 aliphatic rings. The van der Waals surface area contributed by atoms with Crippen LogP contribution in [0.4, 0.5) is 8.78 Å². The van der Waals surface area contributed by atoms with Crippen LogP contribution in [0.2, 0.25) is 0 Å². The van der Waals surface area contributed by atoms with Gasteiger partial charge in [0.2, 0.25) is 0 Å². The van der Waals surface area contributed by atoms with E-state index in [4.69, 9.17) is 5.26 Å². The fourth-order valence-electron chi connectivity index (χ4n) is 1.38. The molecule has 0 aliphatic heterocycles. The summed E-state index contributed by atoms with van der Waals surface area (Å²) in [6.45, 7) is 0. The molecule has 0 spiro atoms. The molecule has 0 radical (unpaired) electrons. The van der Waals surface area contributed by atoms with Gasteiger partial charge in [0.15, 0.2) is 5.16 Å². The monoisotopic (exact) mass is 251 g/mol. The molecule has 1 aromatic carbocycles. The molecule has 0 aliphatic carbocycles. The first-order chi connectivity index (χ1) is 8.24. The number of nitrogens with zero attached hydrogens (tertiary/aromatic N) is 3. The summed E-state index contributed by atoms with van der Waals surface area (Å²) in [7, 11) is 0. The molecule has 0 saturated heterocycles. The second-order valence-electron chi connectivity index (χ2n) is 3.10. The second kappa shape index (κ2) is 4.97. The molecule has 1 heterocycles. The summed E-state index contributed by atoms with van der Waals surface area (Å²) < 4.78 is 28.4. The van der Waals surface area contributed by atoms with E-state index in [9.17, 15) is 8.78 Å². The van der Waals surface area contributed by atoms with E-state index in [1.54, 1.807) is 0 Å². The Labute approximate surface area is 101 Å². The Morgan fingerprint density at radius 2 is 2.06 bits per heavy atom. The van der Waals surface area contributed by atoms with Gasteiger partial charge in [-0.25, -0.2) is 13.8 Å². The van der Waals surface area contributed by atoms with Gasteiger partial charge in [0.1, 0.15) is 17.3 Å². The summed E-state index contributed by atoms with van der Waals surface area (Å²) >= 11 is 1.12. The van der Waals surface area contributed by atoms with Gasteiger partial charge >= 0.3 is 0 Å². The maximum Gasteiger partial charge on any atom is 0.173 e. The molecule has 6 heteroatoms. The molecule has 0 bridgehead atoms. The Hall–Kier alpha value is -1.87. The smallest absolute Gasteiger partial charge is 0.173 e. The standard InChI is InChI=1S/C11H7F2N3S/c12-8-2-1-3-9(13)10(8)16-6-5-15-11(16)17-7-4-14/h1-3,5-6H,7H2. The molecule has 0 N–H and O–H groups in total. The lowest BCUT2D eigenvalue weighted by Crippen LogP contribution is -2.02. The largest absolute Gasteiger partial charge is 0.289 e. The number of hydrogen-bond donors (Lipinski definition) is 0. The van der Waals surface area contributed by atoms with Crippen molar-refractivity contribution < 1.29 is 8.78 Å². The number of rotatable bonds is 3. The summed E-state index contributed by atoms with van der Waals surface area (Å²) in [6, 6.07) is 5.59. The fourth-order valence-corrected chi connectivity index (χ4v) is 2.00. The van der Waals surface area contributed by atoms with Crippen molar-refractivity contribution in [2.24, 2.45) is 0 Å². The van der Waals surface area contributed by atoms with Crippen molar-refractivity contribution in [1.82, 2.24) is 9.55 Å². The van der Waals surface area contributed by atoms with Gasteiger partial charge in [-0.3, -0.25) is 4.57 Å². The highest BCUT2D eigenvalue weighted by Crippen LogP contribution is 2.23. The third-order valence-corrected chi connectivity index (χ3v) is 2.88. The average molecular weight is 251 g/mol. The van der Waals surface area contributed by atoms with E-state index in [0.717, 1.165) is 11.8 Å². The second-order valence-corrected chi connectivity index (χ2v) is 4.04. The highest BCUT2D eigenvalue weighted by Gasteiger charge is 2.14. The first kappa shape index (κ1) is 11.6. The van der Waals surface area contributed by atoms with Gasteiger partial charge in [0, 0.05) is 12.4 Å². The van der Waals surface area contributed by atoms with Crippen LogP contribution >= 0.6 is 11.8 Å². The molecule has 3 nitrogen and oxygen atoms in total. The van der Waals surface area contributed by atoms with Crippen LogP contribution in [-0.2, 0) is 0 Å². The maximum atomic E-state index is 13.6. The summed E-state index contributed by atoms with van der Waals surface area (Å²) in [5.41, 5.74) is -0.176. The Kier molecular flexibility index (Phi) is 3.40. The zero-order valence-corrected chi connectivity index (χ0v) is 9.42. The van der Waals surface area contributed by atoms with Crippen LogP contribution in [0.3, 0.4) is 0 Å². The number of aromatic nitrogens is 2. The first-order valence-electron chi connectivity index (χ1n) is 4.71. The van der Waals surface area contributed by atoms with Crippen molar-refractivity contribution in [3.63, 3.8) is 0 Å². The van der Waals surface area contributed by atoms with Crippen LogP contribution in [-0.4, -0.2) is 15.3 Å². The van der Waals surface area contributed by atoms with Gasteiger partial charge in [-0.2, -0.15) is 5.26 Å². The average Bonchev–Trinajstić information content (AvgIpc) is 2.74. The van der Waals surface area contributed by atoms with Crippen molar-refractivity contribution in [3.05, 3.63) is 42.2 Å². The lowest BCUT2D eigenvalue weighted by Gasteiger charge is -2.08. The number of halogens is 2. The molecule has 1 aromatic heterocycles. The Balaban J connectivity index is 2.47. The predicted octanol–water partition coefficient (Wildman–Crippen LogP) is 2.77. The third-order valence-electron chi connectivity index (χ3n) is 2.05. The van der Waals surface area contributed by atoms with E-state index in [1.165, 1.54) is 35.2 Å². The van der Waals surface area contributed by atoms with Crippen molar-refractivity contribution in [2.45, 2.75) is 5.16 Å². The van der Waals surface area contributed by atoms with Crippen LogP contribution in [0.15, 0.2) is 35.7 Å². The number of benzene rings is 1. The predicted molar refractivity (Wildman–Crippen MR) is 59.8 cm³/mol. The van der Waals surface area contributed by atoms with Gasteiger partial charge in [0.05, 0.1) is 11.8 Å². The van der Waals surface area contributed by atoms with Gasteiger partial charge in [0.25, 0.3) is 0 Å². The van der Waals surface area contributed by atoms with Crippen LogP contribution in [0.5, 0.6) is 0 Å². The van der Waals surface area contributed by atoms with Crippen LogP contribution in [0, 0.1) is 23.0 Å². The molecular formula is C11H7F2N3S. The van der Waals surface area contributed by atoms with Crippen LogP contribution < -0.4 is 0 Å². The minimum Gasteiger partial charge on any atom is -0.289 e. The molecule has 0 atom stereocenters. The molecule has 0 saturated carbocycles. The summed E-state index contributed by atoms with van der Waals surface area (Å²) in [4.78, 5) is 3.95. The Morgan fingerprint density at radius 1 is 1.35 bits per heavy atom. The summed E-state index contributed by atoms with van der Waals surface area (Å²) in [6.07, 6.45) is 2.90. The molecular weight excluding hydrogens is 244 g/mol. The highest BCUT2D eigenvalue weighted by molar-refractivity contribution is 7.99. The third kappa shape index (κ3) is 2.29. The van der Waals surface area contributed by atoms with Crippen molar-refractivity contribution >= 4 is 11.8 Å². The number of imidazole rings is 1. The Bertz CT molecular complexity index is 554. The number of hydrogen-bond acceptors (Lipinski definition) is 3. The lowest BCUT2D eigenvalue weighted by atomic mass is 10.3. The molecule has 0 fully saturated rings. The van der Waals surface area contributed by atoms with Gasteiger partial charge in [-0.05, 0) is 12.1 Å². The van der Waals surface area contributed by atoms with Crippen molar-refractivity contribution in [1.29, 1.82) is 5.26 Å². The fraction of sp³-hybridized carbons (Fsp3) is 0.0909. The van der Waals surface area contributed by atoms with Crippen LogP contribution in [0.1, 0.15) is 0 Å². The number of para-hydroxylation sites is 1. The zero-order valence-electron chi connectivity index (χ0n) is 8.60. The van der Waals surface area contributed by atoms with E-state index >= 15 is 0 Å². The molecule has 2 rings (SSSR count). The van der Waals surface area contributed by atoms with Crippen molar-refractivity contribution in [2.75, 3.05) is 5.75 Å². The lowest BCUT2D eigenvalue weighted by molar-refractivity contribution is 0.563. The molecule has 0 amide bonds. The van der Waals surface area contributed by atoms with E-state index < -0.39 is 11.6 Å².